The summed E-state index contributed by atoms with van der Waals surface area (Å²) in [7, 11) is 1.82. The van der Waals surface area contributed by atoms with Crippen LogP contribution in [0.3, 0.4) is 0 Å². The largest absolute Gasteiger partial charge is 0.435 e. The Morgan fingerprint density at radius 3 is 2.60 bits per heavy atom. The van der Waals surface area contributed by atoms with Crippen LogP contribution in [0.2, 0.25) is 0 Å². The van der Waals surface area contributed by atoms with Gasteiger partial charge in [0.1, 0.15) is 29.4 Å². The first-order valence-corrected chi connectivity index (χ1v) is 13.8. The van der Waals surface area contributed by atoms with Crippen LogP contribution in [0, 0.1) is 6.92 Å². The maximum absolute atomic E-state index is 12.7. The van der Waals surface area contributed by atoms with Crippen LogP contribution in [-0.2, 0) is 5.41 Å². The minimum Gasteiger partial charge on any atom is -0.435 e. The van der Waals surface area contributed by atoms with Gasteiger partial charge in [0.2, 0.25) is 0 Å². The Kier molecular flexibility index (Phi) is 7.09. The van der Waals surface area contributed by atoms with Crippen LogP contribution in [-0.4, -0.2) is 56.7 Å². The van der Waals surface area contributed by atoms with Crippen LogP contribution in [0.1, 0.15) is 37.0 Å². The Balaban J connectivity index is 1.21. The smallest absolute Gasteiger partial charge is 0.387 e. The quantitative estimate of drug-likeness (QED) is 0.208. The van der Waals surface area contributed by atoms with Crippen molar-refractivity contribution in [1.29, 1.82) is 0 Å². The molecule has 1 fully saturated rings. The molecule has 5 heterocycles. The number of H-pyrrole nitrogens is 2. The molecule has 0 amide bonds. The fourth-order valence-electron chi connectivity index (χ4n) is 5.49. The maximum Gasteiger partial charge on any atom is 0.387 e. The number of nitrogens with zero attached hydrogens (tertiary/aromatic N) is 5. The second kappa shape index (κ2) is 10.9. The van der Waals surface area contributed by atoms with Gasteiger partial charge in [0, 0.05) is 54.3 Å². The summed E-state index contributed by atoms with van der Waals surface area (Å²) in [5.74, 6) is 1.90. The number of aryl methyl sites for hydroxylation is 1. The molecule has 9 nitrogen and oxygen atoms in total. The Morgan fingerprint density at radius 1 is 1.07 bits per heavy atom. The monoisotopic (exact) mass is 570 g/mol. The number of nitrogens with one attached hydrogen (secondary N) is 3. The number of hydrogen-bond donors (Lipinski definition) is 3. The minimum absolute atomic E-state index is 0.114. The number of anilines is 1. The molecule has 3 N–H and O–H groups in total. The summed E-state index contributed by atoms with van der Waals surface area (Å²) in [4.78, 5) is 27.8. The van der Waals surface area contributed by atoms with Crippen molar-refractivity contribution in [3.63, 3.8) is 0 Å². The van der Waals surface area contributed by atoms with E-state index < -0.39 is 6.61 Å². The summed E-state index contributed by atoms with van der Waals surface area (Å²) in [6, 6.07) is 12.7. The van der Waals surface area contributed by atoms with E-state index in [4.69, 9.17) is 4.98 Å². The highest BCUT2D eigenvalue weighted by molar-refractivity contribution is 5.92. The van der Waals surface area contributed by atoms with Gasteiger partial charge in [-0.05, 0) is 50.1 Å². The number of imidazole rings is 1. The zero-order valence-corrected chi connectivity index (χ0v) is 23.7. The van der Waals surface area contributed by atoms with Gasteiger partial charge >= 0.3 is 6.61 Å². The first kappa shape index (κ1) is 27.4. The van der Waals surface area contributed by atoms with Crippen molar-refractivity contribution in [2.45, 2.75) is 38.7 Å². The third kappa shape index (κ3) is 5.17. The molecule has 1 aromatic carbocycles. The van der Waals surface area contributed by atoms with E-state index in [1.54, 1.807) is 18.5 Å². The molecule has 6 rings (SSSR count). The molecule has 11 heteroatoms. The van der Waals surface area contributed by atoms with Gasteiger partial charge in [-0.1, -0.05) is 25.6 Å². The fraction of sp³-hybridized carbons (Fsp3) is 0.290. The molecule has 42 heavy (non-hydrogen) atoms. The van der Waals surface area contributed by atoms with E-state index in [1.165, 1.54) is 6.07 Å². The number of pyridine rings is 1. The van der Waals surface area contributed by atoms with Crippen molar-refractivity contribution < 1.29 is 13.5 Å². The number of aromatic amines is 2. The number of benzene rings is 1. The Bertz CT molecular complexity index is 1740. The molecule has 0 radical (unpaired) electrons. The topological polar surface area (TPSA) is 108 Å². The molecule has 1 aliphatic heterocycles. The Labute approximate surface area is 242 Å². The van der Waals surface area contributed by atoms with Crippen LogP contribution in [0.4, 0.5) is 14.6 Å². The number of piperidine rings is 1. The number of aromatic nitrogens is 6. The van der Waals surface area contributed by atoms with Gasteiger partial charge in [-0.15, -0.1) is 0 Å². The second-order valence-electron chi connectivity index (χ2n) is 10.8. The Morgan fingerprint density at radius 2 is 1.88 bits per heavy atom. The number of rotatable bonds is 8. The highest BCUT2D eigenvalue weighted by atomic mass is 19.3. The third-order valence-electron chi connectivity index (χ3n) is 8.05. The van der Waals surface area contributed by atoms with Crippen molar-refractivity contribution in [3.8, 4) is 28.3 Å². The predicted molar refractivity (Wildman–Crippen MR) is 159 cm³/mol. The summed E-state index contributed by atoms with van der Waals surface area (Å²) in [5, 5.41) is 3.98. The van der Waals surface area contributed by atoms with E-state index in [0.29, 0.717) is 0 Å². The average Bonchev–Trinajstić information content (AvgIpc) is 3.61. The molecule has 0 unspecified atom stereocenters. The van der Waals surface area contributed by atoms with Gasteiger partial charge in [-0.2, -0.15) is 8.78 Å². The standard InChI is InChI=1S/C31H32F2N8O/c1-18(34-4)24-9-8-21(16-35-24)25-15-23-27(39-25)36-17-37-28(23)41-12-10-31(3,11-13-41)29-38-19(2)26(40-29)20-6-5-7-22(14-20)42-30(32)33/h5-9,14-17,30,34H,1,10-13H2,2-4H3,(H,38,40)(H,36,37,39). The summed E-state index contributed by atoms with van der Waals surface area (Å²) in [6.07, 6.45) is 5.14. The second-order valence-corrected chi connectivity index (χ2v) is 10.8. The molecular formula is C31H32F2N8O. The molecule has 0 spiro atoms. The van der Waals surface area contributed by atoms with Gasteiger partial charge in [0.25, 0.3) is 0 Å². The number of fused-ring (bicyclic) bond motifs is 1. The van der Waals surface area contributed by atoms with Crippen LogP contribution >= 0.6 is 0 Å². The molecule has 5 aromatic rings. The van der Waals surface area contributed by atoms with Gasteiger partial charge < -0.3 is 24.9 Å². The van der Waals surface area contributed by atoms with Gasteiger partial charge in [0.15, 0.2) is 0 Å². The van der Waals surface area contributed by atoms with Crippen LogP contribution in [0.25, 0.3) is 39.2 Å². The lowest BCUT2D eigenvalue weighted by Crippen LogP contribution is -2.42. The zero-order valence-electron chi connectivity index (χ0n) is 23.7. The summed E-state index contributed by atoms with van der Waals surface area (Å²) < 4.78 is 30.1. The number of alkyl halides is 2. The molecular weight excluding hydrogens is 538 g/mol. The maximum atomic E-state index is 12.7. The van der Waals surface area contributed by atoms with Gasteiger partial charge in [-0.3, -0.25) is 4.98 Å². The molecule has 0 atom stereocenters. The number of halogens is 2. The van der Waals surface area contributed by atoms with Crippen molar-refractivity contribution in [1.82, 2.24) is 35.2 Å². The van der Waals surface area contributed by atoms with Crippen molar-refractivity contribution in [2.75, 3.05) is 25.0 Å². The number of hydrogen-bond acceptors (Lipinski definition) is 7. The lowest BCUT2D eigenvalue weighted by molar-refractivity contribution is -0.0498. The molecule has 1 aliphatic rings. The highest BCUT2D eigenvalue weighted by Crippen LogP contribution is 2.38. The van der Waals surface area contributed by atoms with E-state index in [1.807, 2.05) is 38.4 Å². The Hall–Kier alpha value is -4.80. The van der Waals surface area contributed by atoms with E-state index in [-0.39, 0.29) is 11.2 Å². The lowest BCUT2D eigenvalue weighted by atomic mass is 9.79. The molecule has 4 aromatic heterocycles. The first-order valence-electron chi connectivity index (χ1n) is 13.8. The SMILES string of the molecule is C=C(NC)c1ccc(-c2cc3c(N4CCC(C)(c5nc(-c6cccc(OC(F)F)c6)c(C)[nH]5)CC4)ncnc3[nH]2)cn1. The molecule has 0 bridgehead atoms. The van der Waals surface area contributed by atoms with E-state index in [9.17, 15) is 8.78 Å². The summed E-state index contributed by atoms with van der Waals surface area (Å²) in [6.45, 7) is 6.84. The average molecular weight is 571 g/mol. The number of ether oxygens (including phenoxy) is 1. The minimum atomic E-state index is -2.87. The van der Waals surface area contributed by atoms with Crippen molar-refractivity contribution in [3.05, 3.63) is 78.8 Å². The third-order valence-corrected chi connectivity index (χ3v) is 8.05. The van der Waals surface area contributed by atoms with Crippen LogP contribution in [0.15, 0.2) is 61.6 Å². The normalized spacial score (nSPS) is 14.9. The summed E-state index contributed by atoms with van der Waals surface area (Å²) in [5.41, 5.74) is 6.38. The van der Waals surface area contributed by atoms with E-state index in [0.717, 1.165) is 88.2 Å². The van der Waals surface area contributed by atoms with Gasteiger partial charge in [0.05, 0.1) is 22.5 Å². The molecule has 216 valence electrons. The first-order chi connectivity index (χ1) is 20.2. The van der Waals surface area contributed by atoms with Crippen molar-refractivity contribution in [2.24, 2.45) is 0 Å². The van der Waals surface area contributed by atoms with Crippen molar-refractivity contribution >= 4 is 22.5 Å². The van der Waals surface area contributed by atoms with Gasteiger partial charge in [-0.25, -0.2) is 15.0 Å². The highest BCUT2D eigenvalue weighted by Gasteiger charge is 2.36. The summed E-state index contributed by atoms with van der Waals surface area (Å²) >= 11 is 0. The van der Waals surface area contributed by atoms with Crippen LogP contribution in [0.5, 0.6) is 5.75 Å². The van der Waals surface area contributed by atoms with E-state index in [2.05, 4.69) is 59.4 Å². The van der Waals surface area contributed by atoms with E-state index >= 15 is 0 Å². The lowest BCUT2D eigenvalue weighted by Gasteiger charge is -2.38. The zero-order chi connectivity index (χ0) is 29.4. The van der Waals surface area contributed by atoms with Crippen LogP contribution < -0.4 is 15.0 Å². The fourth-order valence-corrected chi connectivity index (χ4v) is 5.49. The predicted octanol–water partition coefficient (Wildman–Crippen LogP) is 6.07. The molecule has 0 aliphatic carbocycles. The molecule has 1 saturated heterocycles. The molecule has 0 saturated carbocycles.